The number of carbonyl (C=O) groups excluding carboxylic acids is 1. The summed E-state index contributed by atoms with van der Waals surface area (Å²) in [4.78, 5) is 19.1. The number of anilines is 2. The lowest BCUT2D eigenvalue weighted by Crippen LogP contribution is -2.30. The zero-order chi connectivity index (χ0) is 27.8. The molecule has 2 atom stereocenters. The number of hydrogen-bond acceptors (Lipinski definition) is 3. The van der Waals surface area contributed by atoms with Crippen LogP contribution in [0.15, 0.2) is 103 Å². The molecule has 2 aromatic heterocycles. The molecular weight excluding hydrogens is 538 g/mol. The Morgan fingerprint density at radius 2 is 1.73 bits per heavy atom. The van der Waals surface area contributed by atoms with Gasteiger partial charge in [-0.05, 0) is 77.6 Å². The summed E-state index contributed by atoms with van der Waals surface area (Å²) < 4.78 is 2.20. The van der Waals surface area contributed by atoms with Gasteiger partial charge in [-0.3, -0.25) is 9.78 Å². The number of nitrogens with zero attached hydrogens (tertiary/aromatic N) is 3. The van der Waals surface area contributed by atoms with Crippen molar-refractivity contribution in [1.82, 2.24) is 14.9 Å². The van der Waals surface area contributed by atoms with Gasteiger partial charge in [0.05, 0.1) is 22.4 Å². The van der Waals surface area contributed by atoms with Crippen molar-refractivity contribution in [1.29, 1.82) is 0 Å². The van der Waals surface area contributed by atoms with Crippen molar-refractivity contribution in [3.05, 3.63) is 120 Å². The standard InChI is InChI=1S/C32H28ClN5OS/c1-20(2)31(39)35-26-15-14-24(19-25(26)33)38-30(29(36-32(38)40)27-10-5-6-16-34-27)28-11-7-17-37(28)23-13-12-21-8-3-4-9-22(21)18-23/h3-20,29-30H,1-2H3,(H,35,39)(H,36,40)/t29-,30+/m1/s1. The highest BCUT2D eigenvalue weighted by molar-refractivity contribution is 7.80. The molecule has 1 saturated heterocycles. The van der Waals surface area contributed by atoms with Crippen LogP contribution in [0, 0.1) is 5.92 Å². The molecule has 40 heavy (non-hydrogen) atoms. The van der Waals surface area contributed by atoms with E-state index in [0.717, 1.165) is 22.8 Å². The molecule has 6 nitrogen and oxygen atoms in total. The van der Waals surface area contributed by atoms with Crippen LogP contribution >= 0.6 is 23.8 Å². The number of fused-ring (bicyclic) bond motifs is 1. The van der Waals surface area contributed by atoms with Crippen LogP contribution in [0.25, 0.3) is 16.5 Å². The maximum Gasteiger partial charge on any atom is 0.226 e. The summed E-state index contributed by atoms with van der Waals surface area (Å²) in [5.41, 5.74) is 4.38. The fourth-order valence-corrected chi connectivity index (χ4v) is 5.73. The van der Waals surface area contributed by atoms with Gasteiger partial charge < -0.3 is 20.1 Å². The summed E-state index contributed by atoms with van der Waals surface area (Å²) in [6.45, 7) is 3.69. The number of halogens is 1. The number of benzene rings is 3. The van der Waals surface area contributed by atoms with Gasteiger partial charge in [0.25, 0.3) is 0 Å². The van der Waals surface area contributed by atoms with E-state index in [4.69, 9.17) is 23.8 Å². The zero-order valence-corrected chi connectivity index (χ0v) is 23.7. The fourth-order valence-electron chi connectivity index (χ4n) is 5.16. The summed E-state index contributed by atoms with van der Waals surface area (Å²) in [6.07, 6.45) is 3.87. The molecule has 5 aromatic rings. The van der Waals surface area contributed by atoms with E-state index in [1.54, 1.807) is 6.20 Å². The van der Waals surface area contributed by atoms with Crippen molar-refractivity contribution < 1.29 is 4.79 Å². The first-order chi connectivity index (χ1) is 19.4. The summed E-state index contributed by atoms with van der Waals surface area (Å²) >= 11 is 12.6. The number of carbonyl (C=O) groups is 1. The predicted octanol–water partition coefficient (Wildman–Crippen LogP) is 7.45. The van der Waals surface area contributed by atoms with Crippen LogP contribution in [0.3, 0.4) is 0 Å². The Kier molecular flexibility index (Phi) is 7.00. The molecule has 3 heterocycles. The summed E-state index contributed by atoms with van der Waals surface area (Å²) in [5, 5.41) is 9.80. The van der Waals surface area contributed by atoms with Gasteiger partial charge in [0.1, 0.15) is 6.04 Å². The molecule has 0 unspecified atom stereocenters. The number of aromatic nitrogens is 2. The molecule has 1 aliphatic heterocycles. The van der Waals surface area contributed by atoms with Crippen LogP contribution in [0.1, 0.15) is 37.3 Å². The molecule has 1 amide bonds. The van der Waals surface area contributed by atoms with Crippen molar-refractivity contribution in [2.24, 2.45) is 5.92 Å². The SMILES string of the molecule is CC(C)C(=O)Nc1ccc(N2C(=S)N[C@H](c3ccccn3)[C@@H]2c2cccn2-c2ccc3ccccc3c2)cc1Cl. The largest absolute Gasteiger partial charge is 0.351 e. The maximum atomic E-state index is 12.3. The minimum atomic E-state index is -0.226. The van der Waals surface area contributed by atoms with Crippen LogP contribution in [-0.4, -0.2) is 20.6 Å². The van der Waals surface area contributed by atoms with E-state index in [1.807, 2.05) is 56.3 Å². The van der Waals surface area contributed by atoms with E-state index in [1.165, 1.54) is 10.8 Å². The minimum absolute atomic E-state index is 0.0886. The number of rotatable bonds is 6. The number of thiocarbonyl (C=S) groups is 1. The minimum Gasteiger partial charge on any atom is -0.351 e. The Balaban J connectivity index is 1.45. The molecule has 0 spiro atoms. The van der Waals surface area contributed by atoms with E-state index in [9.17, 15) is 4.79 Å². The van der Waals surface area contributed by atoms with Gasteiger partial charge >= 0.3 is 0 Å². The van der Waals surface area contributed by atoms with Gasteiger partial charge in [-0.1, -0.05) is 61.8 Å². The smallest absolute Gasteiger partial charge is 0.226 e. The lowest BCUT2D eigenvalue weighted by atomic mass is 10.0. The highest BCUT2D eigenvalue weighted by Crippen LogP contribution is 2.43. The van der Waals surface area contributed by atoms with Crippen molar-refractivity contribution in [3.8, 4) is 5.69 Å². The van der Waals surface area contributed by atoms with Crippen LogP contribution in [-0.2, 0) is 4.79 Å². The van der Waals surface area contributed by atoms with Crippen molar-refractivity contribution >= 4 is 57.0 Å². The van der Waals surface area contributed by atoms with Crippen LogP contribution in [0.5, 0.6) is 0 Å². The third kappa shape index (κ3) is 4.83. The van der Waals surface area contributed by atoms with Crippen molar-refractivity contribution in [3.63, 3.8) is 0 Å². The molecule has 6 rings (SSSR count). The van der Waals surface area contributed by atoms with Crippen LogP contribution < -0.4 is 15.5 Å². The molecule has 0 bridgehead atoms. The molecule has 1 aliphatic rings. The maximum absolute atomic E-state index is 12.3. The zero-order valence-electron chi connectivity index (χ0n) is 22.1. The predicted molar refractivity (Wildman–Crippen MR) is 166 cm³/mol. The van der Waals surface area contributed by atoms with Crippen molar-refractivity contribution in [2.75, 3.05) is 10.2 Å². The lowest BCUT2D eigenvalue weighted by molar-refractivity contribution is -0.118. The average molecular weight is 566 g/mol. The highest BCUT2D eigenvalue weighted by Gasteiger charge is 2.42. The molecule has 2 N–H and O–H groups in total. The van der Waals surface area contributed by atoms with E-state index in [2.05, 4.69) is 79.8 Å². The summed E-state index contributed by atoms with van der Waals surface area (Å²) in [5.74, 6) is -0.244. The Labute approximate surface area is 243 Å². The van der Waals surface area contributed by atoms with Gasteiger partial charge in [-0.2, -0.15) is 0 Å². The molecule has 200 valence electrons. The fraction of sp³-hybridized carbons (Fsp3) is 0.156. The normalized spacial score (nSPS) is 16.9. The van der Waals surface area contributed by atoms with Crippen LogP contribution in [0.4, 0.5) is 11.4 Å². The van der Waals surface area contributed by atoms with E-state index in [-0.39, 0.29) is 23.9 Å². The van der Waals surface area contributed by atoms with E-state index >= 15 is 0 Å². The highest BCUT2D eigenvalue weighted by atomic mass is 35.5. The Morgan fingerprint density at radius 3 is 2.48 bits per heavy atom. The molecule has 1 fully saturated rings. The van der Waals surface area contributed by atoms with E-state index in [0.29, 0.717) is 15.8 Å². The first-order valence-electron chi connectivity index (χ1n) is 13.2. The second kappa shape index (κ2) is 10.8. The van der Waals surface area contributed by atoms with Crippen LogP contribution in [0.2, 0.25) is 5.02 Å². The van der Waals surface area contributed by atoms with Gasteiger partial charge in [-0.25, -0.2) is 0 Å². The first-order valence-corrected chi connectivity index (χ1v) is 14.0. The average Bonchev–Trinajstić information content (AvgIpc) is 3.58. The number of pyridine rings is 1. The summed E-state index contributed by atoms with van der Waals surface area (Å²) in [7, 11) is 0. The quantitative estimate of drug-likeness (QED) is 0.209. The molecular formula is C32H28ClN5OS. The molecule has 0 radical (unpaired) electrons. The topological polar surface area (TPSA) is 62.2 Å². The number of amides is 1. The third-order valence-corrected chi connectivity index (χ3v) is 7.83. The molecule has 3 aromatic carbocycles. The first kappa shape index (κ1) is 26.0. The molecule has 8 heteroatoms. The monoisotopic (exact) mass is 565 g/mol. The lowest BCUT2D eigenvalue weighted by Gasteiger charge is -2.29. The molecule has 0 aliphatic carbocycles. The van der Waals surface area contributed by atoms with Gasteiger partial charge in [0, 0.05) is 35.4 Å². The third-order valence-electron chi connectivity index (χ3n) is 7.21. The Morgan fingerprint density at radius 1 is 0.950 bits per heavy atom. The number of hydrogen-bond donors (Lipinski definition) is 2. The van der Waals surface area contributed by atoms with Gasteiger partial charge in [0.2, 0.25) is 5.91 Å². The van der Waals surface area contributed by atoms with Crippen molar-refractivity contribution in [2.45, 2.75) is 25.9 Å². The Hall–Kier alpha value is -4.20. The number of nitrogens with one attached hydrogen (secondary N) is 2. The van der Waals surface area contributed by atoms with E-state index < -0.39 is 0 Å². The second-order valence-electron chi connectivity index (χ2n) is 10.1. The summed E-state index contributed by atoms with van der Waals surface area (Å²) in [6, 6.07) is 30.1. The van der Waals surface area contributed by atoms with Gasteiger partial charge in [0.15, 0.2) is 5.11 Å². The Bertz CT molecular complexity index is 1720. The second-order valence-corrected chi connectivity index (χ2v) is 10.9. The van der Waals surface area contributed by atoms with Gasteiger partial charge in [-0.15, -0.1) is 0 Å². The molecule has 0 saturated carbocycles.